The van der Waals surface area contributed by atoms with Crippen LogP contribution in [-0.2, 0) is 28.4 Å². The van der Waals surface area contributed by atoms with Crippen LogP contribution in [0.1, 0.15) is 23.0 Å². The van der Waals surface area contributed by atoms with Gasteiger partial charge in [0, 0.05) is 25.4 Å². The fourth-order valence-corrected chi connectivity index (χ4v) is 3.27. The Bertz CT molecular complexity index is 827. The van der Waals surface area contributed by atoms with E-state index in [-0.39, 0.29) is 17.1 Å². The van der Waals surface area contributed by atoms with Crippen LogP contribution in [0.3, 0.4) is 0 Å². The summed E-state index contributed by atoms with van der Waals surface area (Å²) >= 11 is 0. The van der Waals surface area contributed by atoms with E-state index in [1.807, 2.05) is 19.1 Å². The minimum Gasteiger partial charge on any atom is -0.494 e. The van der Waals surface area contributed by atoms with E-state index in [2.05, 4.69) is 9.46 Å². The van der Waals surface area contributed by atoms with Crippen LogP contribution in [0, 0.1) is 0 Å². The Labute approximate surface area is 141 Å². The van der Waals surface area contributed by atoms with E-state index in [0.717, 1.165) is 5.56 Å². The zero-order chi connectivity index (χ0) is 17.7. The molecule has 0 amide bonds. The number of sulfonamides is 1. The summed E-state index contributed by atoms with van der Waals surface area (Å²) in [5, 5.41) is 0. The SMILES string of the molecule is CCOc1ccccc1CNS(=O)(=O)c1cc(C(=O)OC)n(C)c1. The molecule has 0 saturated heterocycles. The van der Waals surface area contributed by atoms with Crippen LogP contribution in [0.5, 0.6) is 5.75 Å². The van der Waals surface area contributed by atoms with E-state index in [9.17, 15) is 13.2 Å². The number of carbonyl (C=O) groups is 1. The molecule has 0 fully saturated rings. The fraction of sp³-hybridized carbons (Fsp3) is 0.312. The normalized spacial score (nSPS) is 11.3. The first-order chi connectivity index (χ1) is 11.4. The van der Waals surface area contributed by atoms with E-state index in [1.165, 1.54) is 23.9 Å². The summed E-state index contributed by atoms with van der Waals surface area (Å²) in [6, 6.07) is 8.48. The number of nitrogens with zero attached hydrogens (tertiary/aromatic N) is 1. The van der Waals surface area contributed by atoms with E-state index in [1.54, 1.807) is 19.2 Å². The quantitative estimate of drug-likeness (QED) is 0.766. The Hall–Kier alpha value is -2.32. The molecular formula is C16H20N2O5S. The molecule has 1 aromatic carbocycles. The molecular weight excluding hydrogens is 332 g/mol. The third-order valence-electron chi connectivity index (χ3n) is 3.41. The Morgan fingerprint density at radius 3 is 2.67 bits per heavy atom. The van der Waals surface area contributed by atoms with Gasteiger partial charge in [0.15, 0.2) is 0 Å². The lowest BCUT2D eigenvalue weighted by molar-refractivity contribution is 0.0590. The van der Waals surface area contributed by atoms with Crippen molar-refractivity contribution >= 4 is 16.0 Å². The molecule has 1 aromatic heterocycles. The predicted molar refractivity (Wildman–Crippen MR) is 88.4 cm³/mol. The van der Waals surface area contributed by atoms with Gasteiger partial charge in [-0.05, 0) is 19.1 Å². The topological polar surface area (TPSA) is 86.6 Å². The van der Waals surface area contributed by atoms with Crippen LogP contribution >= 0.6 is 0 Å². The molecule has 0 spiro atoms. The maximum Gasteiger partial charge on any atom is 0.354 e. The molecule has 0 aliphatic carbocycles. The van der Waals surface area contributed by atoms with Gasteiger partial charge >= 0.3 is 5.97 Å². The molecule has 24 heavy (non-hydrogen) atoms. The number of hydrogen-bond donors (Lipinski definition) is 1. The summed E-state index contributed by atoms with van der Waals surface area (Å²) in [5.41, 5.74) is 0.889. The molecule has 2 aromatic rings. The molecule has 2 rings (SSSR count). The van der Waals surface area contributed by atoms with Crippen molar-refractivity contribution in [1.29, 1.82) is 0 Å². The number of aryl methyl sites for hydroxylation is 1. The van der Waals surface area contributed by atoms with Gasteiger partial charge in [-0.3, -0.25) is 0 Å². The fourth-order valence-electron chi connectivity index (χ4n) is 2.19. The number of nitrogens with one attached hydrogen (secondary N) is 1. The average Bonchev–Trinajstić information content (AvgIpc) is 2.96. The van der Waals surface area contributed by atoms with Crippen LogP contribution < -0.4 is 9.46 Å². The predicted octanol–water partition coefficient (Wildman–Crippen LogP) is 1.69. The van der Waals surface area contributed by atoms with Crippen molar-refractivity contribution in [1.82, 2.24) is 9.29 Å². The minimum atomic E-state index is -3.77. The summed E-state index contributed by atoms with van der Waals surface area (Å²) in [6.07, 6.45) is 1.36. The molecule has 1 N–H and O–H groups in total. The summed E-state index contributed by atoms with van der Waals surface area (Å²) in [5.74, 6) is 0.0339. The van der Waals surface area contributed by atoms with Gasteiger partial charge in [-0.25, -0.2) is 17.9 Å². The molecule has 0 unspecified atom stereocenters. The highest BCUT2D eigenvalue weighted by molar-refractivity contribution is 7.89. The first-order valence-corrected chi connectivity index (χ1v) is 8.82. The highest BCUT2D eigenvalue weighted by atomic mass is 32.2. The van der Waals surface area contributed by atoms with Crippen molar-refractivity contribution in [3.63, 3.8) is 0 Å². The molecule has 0 aliphatic heterocycles. The summed E-state index contributed by atoms with van der Waals surface area (Å²) < 4.78 is 38.9. The Kier molecular flexibility index (Phi) is 5.63. The van der Waals surface area contributed by atoms with Crippen LogP contribution in [0.4, 0.5) is 0 Å². The van der Waals surface area contributed by atoms with E-state index >= 15 is 0 Å². The lowest BCUT2D eigenvalue weighted by Crippen LogP contribution is -2.23. The van der Waals surface area contributed by atoms with Crippen molar-refractivity contribution in [2.75, 3.05) is 13.7 Å². The second-order valence-electron chi connectivity index (χ2n) is 5.03. The Balaban J connectivity index is 2.19. The van der Waals surface area contributed by atoms with Crippen LogP contribution in [0.15, 0.2) is 41.4 Å². The molecule has 0 radical (unpaired) electrons. The molecule has 0 bridgehead atoms. The number of ether oxygens (including phenoxy) is 2. The van der Waals surface area contributed by atoms with E-state index in [0.29, 0.717) is 12.4 Å². The summed E-state index contributed by atoms with van der Waals surface area (Å²) in [6.45, 7) is 2.44. The van der Waals surface area contributed by atoms with Gasteiger partial charge in [0.2, 0.25) is 10.0 Å². The zero-order valence-corrected chi connectivity index (χ0v) is 14.6. The smallest absolute Gasteiger partial charge is 0.354 e. The minimum absolute atomic E-state index is 0.000656. The molecule has 0 atom stereocenters. The van der Waals surface area contributed by atoms with Crippen molar-refractivity contribution < 1.29 is 22.7 Å². The lowest BCUT2D eigenvalue weighted by Gasteiger charge is -2.10. The van der Waals surface area contributed by atoms with Gasteiger partial charge in [-0.15, -0.1) is 0 Å². The van der Waals surface area contributed by atoms with Crippen molar-refractivity contribution in [2.45, 2.75) is 18.4 Å². The molecule has 130 valence electrons. The average molecular weight is 352 g/mol. The molecule has 0 saturated carbocycles. The van der Waals surface area contributed by atoms with Crippen molar-refractivity contribution in [3.8, 4) is 5.75 Å². The summed E-state index contributed by atoms with van der Waals surface area (Å²) in [4.78, 5) is 11.6. The number of esters is 1. The standard InChI is InChI=1S/C16H20N2O5S/c1-4-23-15-8-6-5-7-12(15)10-17-24(20,21)13-9-14(16(19)22-3)18(2)11-13/h5-9,11,17H,4,10H2,1-3H3. The van der Waals surface area contributed by atoms with Gasteiger partial charge < -0.3 is 14.0 Å². The van der Waals surface area contributed by atoms with Gasteiger partial charge in [-0.1, -0.05) is 18.2 Å². The Morgan fingerprint density at radius 2 is 2.00 bits per heavy atom. The Morgan fingerprint density at radius 1 is 1.29 bits per heavy atom. The number of aromatic nitrogens is 1. The number of para-hydroxylation sites is 1. The molecule has 7 nitrogen and oxygen atoms in total. The molecule has 1 heterocycles. The largest absolute Gasteiger partial charge is 0.494 e. The van der Waals surface area contributed by atoms with Crippen LogP contribution in [0.2, 0.25) is 0 Å². The van der Waals surface area contributed by atoms with Gasteiger partial charge in [0.25, 0.3) is 0 Å². The summed E-state index contributed by atoms with van der Waals surface area (Å²) in [7, 11) is -0.946. The second-order valence-corrected chi connectivity index (χ2v) is 6.80. The zero-order valence-electron chi connectivity index (χ0n) is 13.8. The van der Waals surface area contributed by atoms with E-state index < -0.39 is 16.0 Å². The maximum absolute atomic E-state index is 12.4. The first-order valence-electron chi connectivity index (χ1n) is 7.34. The third-order valence-corrected chi connectivity index (χ3v) is 4.78. The van der Waals surface area contributed by atoms with Crippen LogP contribution in [0.25, 0.3) is 0 Å². The van der Waals surface area contributed by atoms with Gasteiger partial charge in [0.1, 0.15) is 16.3 Å². The number of methoxy groups -OCH3 is 1. The molecule has 0 aliphatic rings. The monoisotopic (exact) mass is 352 g/mol. The number of benzene rings is 1. The maximum atomic E-state index is 12.4. The number of hydrogen-bond acceptors (Lipinski definition) is 5. The van der Waals surface area contributed by atoms with Gasteiger partial charge in [0.05, 0.1) is 13.7 Å². The van der Waals surface area contributed by atoms with Crippen molar-refractivity contribution in [3.05, 3.63) is 47.8 Å². The number of rotatable bonds is 7. The first kappa shape index (κ1) is 18.0. The third kappa shape index (κ3) is 3.95. The second kappa shape index (κ2) is 7.50. The highest BCUT2D eigenvalue weighted by Gasteiger charge is 2.21. The van der Waals surface area contributed by atoms with Crippen molar-refractivity contribution in [2.24, 2.45) is 7.05 Å². The highest BCUT2D eigenvalue weighted by Crippen LogP contribution is 2.19. The number of carbonyl (C=O) groups excluding carboxylic acids is 1. The van der Waals surface area contributed by atoms with Gasteiger partial charge in [-0.2, -0.15) is 0 Å². The lowest BCUT2D eigenvalue weighted by atomic mass is 10.2. The molecule has 8 heteroatoms. The van der Waals surface area contributed by atoms with Crippen LogP contribution in [-0.4, -0.2) is 32.7 Å². The van der Waals surface area contributed by atoms with E-state index in [4.69, 9.17) is 4.74 Å².